The van der Waals surface area contributed by atoms with Gasteiger partial charge in [-0.1, -0.05) is 0 Å². The molecule has 1 aromatic carbocycles. The van der Waals surface area contributed by atoms with Crippen LogP contribution in [-0.4, -0.2) is 14.5 Å². The molecule has 0 bridgehead atoms. The molecule has 18 heavy (non-hydrogen) atoms. The monoisotopic (exact) mass is 351 g/mol. The molecule has 0 unspecified atom stereocenters. The first-order valence-electron chi connectivity index (χ1n) is 6.00. The Kier molecular flexibility index (Phi) is 2.77. The summed E-state index contributed by atoms with van der Waals surface area (Å²) in [5.74, 6) is 1.05. The van der Waals surface area contributed by atoms with Crippen molar-refractivity contribution in [2.75, 3.05) is 0 Å². The van der Waals surface area contributed by atoms with E-state index in [4.69, 9.17) is 0 Å². The van der Waals surface area contributed by atoms with Gasteiger partial charge in [-0.2, -0.15) is 0 Å². The second-order valence-electron chi connectivity index (χ2n) is 4.78. The smallest absolute Gasteiger partial charge is 0.108 e. The molecule has 3 nitrogen and oxygen atoms in total. The van der Waals surface area contributed by atoms with Crippen LogP contribution < -0.4 is 0 Å². The molecule has 0 saturated carbocycles. The minimum atomic E-state index is 0.401. The number of aromatic nitrogens is 3. The highest BCUT2D eigenvalue weighted by Crippen LogP contribution is 2.28. The molecule has 0 aliphatic rings. The maximum Gasteiger partial charge on any atom is 0.108 e. The molecule has 0 aliphatic carbocycles. The zero-order chi connectivity index (χ0) is 12.9. The van der Waals surface area contributed by atoms with Gasteiger partial charge in [0.25, 0.3) is 0 Å². The maximum absolute atomic E-state index is 4.61. The van der Waals surface area contributed by atoms with E-state index >= 15 is 0 Å². The van der Waals surface area contributed by atoms with Crippen molar-refractivity contribution in [1.82, 2.24) is 14.5 Å². The lowest BCUT2D eigenvalue weighted by Gasteiger charge is -2.12. The summed E-state index contributed by atoms with van der Waals surface area (Å²) in [6, 6.07) is 6.75. The first kappa shape index (κ1) is 11.9. The van der Waals surface area contributed by atoms with Crippen molar-refractivity contribution in [3.63, 3.8) is 0 Å². The number of halogens is 1. The molecular weight excluding hydrogens is 337 g/mol. The predicted octanol–water partition coefficient (Wildman–Crippen LogP) is 4.08. The van der Waals surface area contributed by atoms with Crippen molar-refractivity contribution in [1.29, 1.82) is 0 Å². The minimum Gasteiger partial charge on any atom is -0.325 e. The van der Waals surface area contributed by atoms with Gasteiger partial charge in [0, 0.05) is 15.0 Å². The summed E-state index contributed by atoms with van der Waals surface area (Å²) in [4.78, 5) is 9.10. The van der Waals surface area contributed by atoms with Gasteiger partial charge in [0.05, 0.1) is 17.2 Å². The van der Waals surface area contributed by atoms with Crippen molar-refractivity contribution < 1.29 is 0 Å². The highest BCUT2D eigenvalue weighted by atomic mass is 127. The maximum atomic E-state index is 4.61. The lowest BCUT2D eigenvalue weighted by Crippen LogP contribution is -2.03. The second kappa shape index (κ2) is 4.19. The molecule has 0 aliphatic heterocycles. The summed E-state index contributed by atoms with van der Waals surface area (Å²) >= 11 is 2.34. The number of pyridine rings is 1. The molecule has 0 radical (unpaired) electrons. The van der Waals surface area contributed by atoms with E-state index in [0.29, 0.717) is 6.04 Å². The van der Waals surface area contributed by atoms with Crippen molar-refractivity contribution in [2.45, 2.75) is 26.8 Å². The van der Waals surface area contributed by atoms with Crippen LogP contribution in [-0.2, 0) is 0 Å². The molecule has 0 N–H and O–H groups in total. The lowest BCUT2D eigenvalue weighted by molar-refractivity contribution is 0.601. The Morgan fingerprint density at radius 1 is 1.22 bits per heavy atom. The van der Waals surface area contributed by atoms with Crippen molar-refractivity contribution in [3.05, 3.63) is 33.8 Å². The third-order valence-corrected chi connectivity index (χ3v) is 3.84. The van der Waals surface area contributed by atoms with Gasteiger partial charge in [-0.25, -0.2) is 4.98 Å². The average molecular weight is 351 g/mol. The fourth-order valence-corrected chi connectivity index (χ4v) is 2.99. The summed E-state index contributed by atoms with van der Waals surface area (Å²) in [5, 5.41) is 1.19. The molecule has 0 spiro atoms. The molecule has 4 heteroatoms. The van der Waals surface area contributed by atoms with Gasteiger partial charge in [0.15, 0.2) is 0 Å². The summed E-state index contributed by atoms with van der Waals surface area (Å²) in [5.41, 5.74) is 3.21. The summed E-state index contributed by atoms with van der Waals surface area (Å²) < 4.78 is 3.51. The minimum absolute atomic E-state index is 0.401. The van der Waals surface area contributed by atoms with Crippen molar-refractivity contribution in [2.24, 2.45) is 0 Å². The van der Waals surface area contributed by atoms with Gasteiger partial charge in [-0.15, -0.1) is 0 Å². The number of hydrogen-bond donors (Lipinski definition) is 0. The first-order valence-corrected chi connectivity index (χ1v) is 7.08. The van der Waals surface area contributed by atoms with E-state index in [0.717, 1.165) is 16.9 Å². The van der Waals surface area contributed by atoms with E-state index in [2.05, 4.69) is 76.1 Å². The number of benzene rings is 1. The van der Waals surface area contributed by atoms with Crippen LogP contribution in [0.5, 0.6) is 0 Å². The molecule has 0 amide bonds. The van der Waals surface area contributed by atoms with E-state index in [1.54, 1.807) is 0 Å². The summed E-state index contributed by atoms with van der Waals surface area (Å²) in [6.45, 7) is 6.43. The normalized spacial score (nSPS) is 11.8. The van der Waals surface area contributed by atoms with Crippen LogP contribution in [0.4, 0.5) is 0 Å². The van der Waals surface area contributed by atoms with Crippen LogP contribution in [0.1, 0.15) is 25.7 Å². The fourth-order valence-electron chi connectivity index (χ4n) is 2.50. The third kappa shape index (κ3) is 1.70. The highest BCUT2D eigenvalue weighted by molar-refractivity contribution is 14.1. The number of fused-ring (bicyclic) bond motifs is 3. The Morgan fingerprint density at radius 2 is 2.00 bits per heavy atom. The molecule has 0 saturated heterocycles. The summed E-state index contributed by atoms with van der Waals surface area (Å²) in [6.07, 6.45) is 1.87. The van der Waals surface area contributed by atoms with Crippen molar-refractivity contribution >= 4 is 44.5 Å². The molecule has 0 fully saturated rings. The van der Waals surface area contributed by atoms with Crippen LogP contribution in [0.3, 0.4) is 0 Å². The van der Waals surface area contributed by atoms with Gasteiger partial charge in [-0.05, 0) is 61.6 Å². The largest absolute Gasteiger partial charge is 0.325 e. The molecular formula is C14H14IN3. The SMILES string of the molecule is Cc1nc2cnc3ccc(I)cc3c2n1C(C)C. The van der Waals surface area contributed by atoms with Gasteiger partial charge in [-0.3, -0.25) is 4.98 Å². The zero-order valence-electron chi connectivity index (χ0n) is 10.6. The number of aryl methyl sites for hydroxylation is 1. The van der Waals surface area contributed by atoms with E-state index in [1.807, 2.05) is 6.20 Å². The summed E-state index contributed by atoms with van der Waals surface area (Å²) in [7, 11) is 0. The Hall–Kier alpha value is -1.17. The van der Waals surface area contributed by atoms with Gasteiger partial charge >= 0.3 is 0 Å². The molecule has 3 rings (SSSR count). The molecule has 0 atom stereocenters. The predicted molar refractivity (Wildman–Crippen MR) is 82.9 cm³/mol. The second-order valence-corrected chi connectivity index (χ2v) is 6.02. The Labute approximate surface area is 119 Å². The van der Waals surface area contributed by atoms with Gasteiger partial charge < -0.3 is 4.57 Å². The van der Waals surface area contributed by atoms with Crippen LogP contribution in [0, 0.1) is 10.5 Å². The van der Waals surface area contributed by atoms with E-state index in [9.17, 15) is 0 Å². The number of hydrogen-bond acceptors (Lipinski definition) is 2. The lowest BCUT2D eigenvalue weighted by atomic mass is 10.2. The first-order chi connectivity index (χ1) is 8.58. The Morgan fingerprint density at radius 3 is 2.72 bits per heavy atom. The number of rotatable bonds is 1. The molecule has 2 heterocycles. The molecule has 92 valence electrons. The highest BCUT2D eigenvalue weighted by Gasteiger charge is 2.13. The van der Waals surface area contributed by atoms with Crippen LogP contribution in [0.25, 0.3) is 21.9 Å². The average Bonchev–Trinajstić information content (AvgIpc) is 2.65. The third-order valence-electron chi connectivity index (χ3n) is 3.17. The fraction of sp³-hybridized carbons (Fsp3) is 0.286. The standard InChI is InChI=1S/C14H14IN3/c1-8(2)18-9(3)17-13-7-16-12-5-4-10(15)6-11(12)14(13)18/h4-8H,1-3H3. The quantitative estimate of drug-likeness (QED) is 0.619. The molecule has 3 aromatic rings. The van der Waals surface area contributed by atoms with Crippen LogP contribution in [0.15, 0.2) is 24.4 Å². The van der Waals surface area contributed by atoms with E-state index in [-0.39, 0.29) is 0 Å². The zero-order valence-corrected chi connectivity index (χ0v) is 12.8. The Bertz CT molecular complexity index is 743. The van der Waals surface area contributed by atoms with Crippen molar-refractivity contribution in [3.8, 4) is 0 Å². The van der Waals surface area contributed by atoms with Gasteiger partial charge in [0.2, 0.25) is 0 Å². The van der Waals surface area contributed by atoms with E-state index < -0.39 is 0 Å². The molecule has 2 aromatic heterocycles. The number of imidazole rings is 1. The topological polar surface area (TPSA) is 30.7 Å². The van der Waals surface area contributed by atoms with Crippen LogP contribution in [0.2, 0.25) is 0 Å². The van der Waals surface area contributed by atoms with Crippen LogP contribution >= 0.6 is 22.6 Å². The van der Waals surface area contributed by atoms with E-state index in [1.165, 1.54) is 14.5 Å². The number of nitrogens with zero attached hydrogens (tertiary/aromatic N) is 3. The van der Waals surface area contributed by atoms with Gasteiger partial charge in [0.1, 0.15) is 11.3 Å². The Balaban J connectivity index is 2.55.